The third-order valence-corrected chi connectivity index (χ3v) is 2.82. The fraction of sp³-hybridized carbons (Fsp3) is 0.200. The molecule has 0 saturated heterocycles. The predicted octanol–water partition coefficient (Wildman–Crippen LogP) is 4.17. The van der Waals surface area contributed by atoms with Crippen molar-refractivity contribution in [3.05, 3.63) is 39.9 Å². The van der Waals surface area contributed by atoms with Crippen molar-refractivity contribution in [3.8, 4) is 0 Å². The zero-order valence-corrected chi connectivity index (χ0v) is 10.0. The quantitative estimate of drug-likeness (QED) is 0.717. The van der Waals surface area contributed by atoms with Crippen molar-refractivity contribution < 1.29 is 0 Å². The van der Waals surface area contributed by atoms with Gasteiger partial charge in [-0.05, 0) is 24.1 Å². The molecule has 0 amide bonds. The van der Waals surface area contributed by atoms with Crippen molar-refractivity contribution in [2.45, 2.75) is 6.92 Å². The van der Waals surface area contributed by atoms with E-state index in [0.717, 1.165) is 5.33 Å². The maximum atomic E-state index is 3.49. The molecule has 0 fully saturated rings. The molecule has 0 aromatic heterocycles. The third kappa shape index (κ3) is 2.76. The maximum Gasteiger partial charge on any atom is 0.0215 e. The van der Waals surface area contributed by atoms with Crippen LogP contribution in [0.5, 0.6) is 0 Å². The zero-order valence-electron chi connectivity index (χ0n) is 6.85. The van der Waals surface area contributed by atoms with Crippen LogP contribution < -0.4 is 0 Å². The molecule has 0 aliphatic carbocycles. The second-order valence-electron chi connectivity index (χ2n) is 2.57. The van der Waals surface area contributed by atoms with Gasteiger partial charge >= 0.3 is 0 Å². The number of halogens is 2. The molecule has 0 aliphatic heterocycles. The molecular weight excluding hydrogens is 280 g/mol. The SMILES string of the molecule is Cc1ccc(C=CCBr)cc1Br. The second-order valence-corrected chi connectivity index (χ2v) is 4.07. The maximum absolute atomic E-state index is 3.49. The minimum atomic E-state index is 0.901. The van der Waals surface area contributed by atoms with E-state index in [0.29, 0.717) is 0 Å². The Labute approximate surface area is 89.9 Å². The van der Waals surface area contributed by atoms with Crippen molar-refractivity contribution in [1.29, 1.82) is 0 Å². The van der Waals surface area contributed by atoms with Gasteiger partial charge in [-0.2, -0.15) is 0 Å². The van der Waals surface area contributed by atoms with Gasteiger partial charge in [0.1, 0.15) is 0 Å². The lowest BCUT2D eigenvalue weighted by molar-refractivity contribution is 1.42. The molecule has 0 atom stereocenters. The number of hydrogen-bond donors (Lipinski definition) is 0. The molecule has 0 radical (unpaired) electrons. The molecule has 0 nitrogen and oxygen atoms in total. The molecular formula is C10H10Br2. The summed E-state index contributed by atoms with van der Waals surface area (Å²) < 4.78 is 1.17. The summed E-state index contributed by atoms with van der Waals surface area (Å²) >= 11 is 6.83. The second kappa shape index (κ2) is 4.83. The monoisotopic (exact) mass is 288 g/mol. The molecule has 0 N–H and O–H groups in total. The van der Waals surface area contributed by atoms with Gasteiger partial charge < -0.3 is 0 Å². The van der Waals surface area contributed by atoms with E-state index < -0.39 is 0 Å². The number of benzene rings is 1. The normalized spacial score (nSPS) is 10.9. The molecule has 1 aromatic carbocycles. The van der Waals surface area contributed by atoms with E-state index in [1.54, 1.807) is 0 Å². The van der Waals surface area contributed by atoms with E-state index in [9.17, 15) is 0 Å². The molecule has 12 heavy (non-hydrogen) atoms. The summed E-state index contributed by atoms with van der Waals surface area (Å²) in [6, 6.07) is 6.34. The minimum Gasteiger partial charge on any atom is -0.0883 e. The van der Waals surface area contributed by atoms with Crippen molar-refractivity contribution in [3.63, 3.8) is 0 Å². The standard InChI is InChI=1S/C10H10Br2/c1-8-4-5-9(3-2-6-11)7-10(8)12/h2-5,7H,6H2,1H3. The van der Waals surface area contributed by atoms with Crippen LogP contribution in [0.4, 0.5) is 0 Å². The Balaban J connectivity index is 2.89. The van der Waals surface area contributed by atoms with Crippen LogP contribution in [0, 0.1) is 6.92 Å². The van der Waals surface area contributed by atoms with Gasteiger partial charge in [0, 0.05) is 9.80 Å². The van der Waals surface area contributed by atoms with Crippen LogP contribution in [0.15, 0.2) is 28.7 Å². The summed E-state index contributed by atoms with van der Waals surface area (Å²) in [7, 11) is 0. The van der Waals surface area contributed by atoms with Crippen LogP contribution in [0.1, 0.15) is 11.1 Å². The molecule has 0 spiro atoms. The van der Waals surface area contributed by atoms with Crippen LogP contribution in [-0.2, 0) is 0 Å². The smallest absolute Gasteiger partial charge is 0.0215 e. The Morgan fingerprint density at radius 1 is 1.42 bits per heavy atom. The van der Waals surface area contributed by atoms with Gasteiger partial charge in [-0.25, -0.2) is 0 Å². The zero-order chi connectivity index (χ0) is 8.97. The largest absolute Gasteiger partial charge is 0.0883 e. The number of rotatable bonds is 2. The van der Waals surface area contributed by atoms with Crippen LogP contribution in [0.25, 0.3) is 6.08 Å². The summed E-state index contributed by atoms with van der Waals surface area (Å²) in [5.74, 6) is 0. The van der Waals surface area contributed by atoms with Crippen molar-refractivity contribution >= 4 is 37.9 Å². The summed E-state index contributed by atoms with van der Waals surface area (Å²) in [6.45, 7) is 2.09. The molecule has 1 rings (SSSR count). The van der Waals surface area contributed by atoms with E-state index in [-0.39, 0.29) is 0 Å². The van der Waals surface area contributed by atoms with Gasteiger partial charge in [0.15, 0.2) is 0 Å². The van der Waals surface area contributed by atoms with Gasteiger partial charge in [0.05, 0.1) is 0 Å². The summed E-state index contributed by atoms with van der Waals surface area (Å²) in [5.41, 5.74) is 2.50. The van der Waals surface area contributed by atoms with Gasteiger partial charge in [-0.1, -0.05) is 56.1 Å². The number of hydrogen-bond acceptors (Lipinski definition) is 0. The first kappa shape index (κ1) is 10.0. The van der Waals surface area contributed by atoms with E-state index >= 15 is 0 Å². The van der Waals surface area contributed by atoms with E-state index in [1.165, 1.54) is 15.6 Å². The Morgan fingerprint density at radius 3 is 2.75 bits per heavy atom. The highest BCUT2D eigenvalue weighted by atomic mass is 79.9. The molecule has 64 valence electrons. The molecule has 0 saturated carbocycles. The highest BCUT2D eigenvalue weighted by molar-refractivity contribution is 9.10. The summed E-state index contributed by atoms with van der Waals surface area (Å²) in [6.07, 6.45) is 4.18. The van der Waals surface area contributed by atoms with Crippen LogP contribution in [0.3, 0.4) is 0 Å². The molecule has 0 aliphatic rings. The molecule has 0 heterocycles. The highest BCUT2D eigenvalue weighted by Crippen LogP contribution is 2.18. The topological polar surface area (TPSA) is 0 Å². The van der Waals surface area contributed by atoms with Gasteiger partial charge in [-0.15, -0.1) is 0 Å². The van der Waals surface area contributed by atoms with Crippen LogP contribution in [0.2, 0.25) is 0 Å². The predicted molar refractivity (Wildman–Crippen MR) is 61.7 cm³/mol. The lowest BCUT2D eigenvalue weighted by atomic mass is 10.1. The number of alkyl halides is 1. The first-order chi connectivity index (χ1) is 5.74. The molecule has 2 heteroatoms. The minimum absolute atomic E-state index is 0.901. The van der Waals surface area contributed by atoms with Gasteiger partial charge in [0.2, 0.25) is 0 Å². The molecule has 0 bridgehead atoms. The molecule has 1 aromatic rings. The van der Waals surface area contributed by atoms with Crippen molar-refractivity contribution in [2.24, 2.45) is 0 Å². The van der Waals surface area contributed by atoms with E-state index in [4.69, 9.17) is 0 Å². The number of allylic oxidation sites excluding steroid dienone is 1. The van der Waals surface area contributed by atoms with Crippen LogP contribution in [-0.4, -0.2) is 5.33 Å². The average Bonchev–Trinajstić information content (AvgIpc) is 2.07. The lowest BCUT2D eigenvalue weighted by Gasteiger charge is -1.98. The molecule has 0 unspecified atom stereocenters. The van der Waals surface area contributed by atoms with E-state index in [1.807, 2.05) is 0 Å². The average molecular weight is 290 g/mol. The van der Waals surface area contributed by atoms with Gasteiger partial charge in [-0.3, -0.25) is 0 Å². The summed E-state index contributed by atoms with van der Waals surface area (Å²) in [4.78, 5) is 0. The van der Waals surface area contributed by atoms with Gasteiger partial charge in [0.25, 0.3) is 0 Å². The van der Waals surface area contributed by atoms with Crippen molar-refractivity contribution in [2.75, 3.05) is 5.33 Å². The lowest BCUT2D eigenvalue weighted by Crippen LogP contribution is -1.77. The first-order valence-corrected chi connectivity index (χ1v) is 5.64. The Kier molecular flexibility index (Phi) is 4.02. The fourth-order valence-corrected chi connectivity index (χ4v) is 1.48. The van der Waals surface area contributed by atoms with E-state index in [2.05, 4.69) is 69.1 Å². The first-order valence-electron chi connectivity index (χ1n) is 3.72. The fourth-order valence-electron chi connectivity index (χ4n) is 0.893. The Hall–Kier alpha value is -0.0800. The summed E-state index contributed by atoms with van der Waals surface area (Å²) in [5, 5.41) is 0.901. The number of aryl methyl sites for hydroxylation is 1. The van der Waals surface area contributed by atoms with Crippen LogP contribution >= 0.6 is 31.9 Å². The third-order valence-electron chi connectivity index (χ3n) is 1.60. The highest BCUT2D eigenvalue weighted by Gasteiger charge is 1.93. The van der Waals surface area contributed by atoms with Crippen molar-refractivity contribution in [1.82, 2.24) is 0 Å². The Bertz CT molecular complexity index is 290. The Morgan fingerprint density at radius 2 is 2.17 bits per heavy atom.